The van der Waals surface area contributed by atoms with E-state index in [1.165, 1.54) is 32.1 Å². The number of carbonyl (C=O) groups excluding carboxylic acids is 1. The summed E-state index contributed by atoms with van der Waals surface area (Å²) in [5.74, 6) is 2.27. The SMILES string of the molecule is COc1cccc(O[C@@H](C)C(=O)NCCSC2CCCCC2)c1. The highest BCUT2D eigenvalue weighted by atomic mass is 32.2. The van der Waals surface area contributed by atoms with E-state index in [9.17, 15) is 4.79 Å². The fraction of sp³-hybridized carbons (Fsp3) is 0.611. The van der Waals surface area contributed by atoms with Crippen molar-refractivity contribution in [3.63, 3.8) is 0 Å². The fourth-order valence-electron chi connectivity index (χ4n) is 2.71. The lowest BCUT2D eigenvalue weighted by Crippen LogP contribution is -2.37. The van der Waals surface area contributed by atoms with Crippen LogP contribution in [0.15, 0.2) is 24.3 Å². The Labute approximate surface area is 143 Å². The number of ether oxygens (including phenoxy) is 2. The van der Waals surface area contributed by atoms with Crippen LogP contribution in [0, 0.1) is 0 Å². The third kappa shape index (κ3) is 6.34. The summed E-state index contributed by atoms with van der Waals surface area (Å²) in [5.41, 5.74) is 0. The van der Waals surface area contributed by atoms with Crippen LogP contribution >= 0.6 is 11.8 Å². The van der Waals surface area contributed by atoms with E-state index in [-0.39, 0.29) is 5.91 Å². The van der Waals surface area contributed by atoms with Crippen molar-refractivity contribution < 1.29 is 14.3 Å². The Morgan fingerprint density at radius 3 is 2.78 bits per heavy atom. The van der Waals surface area contributed by atoms with Crippen LogP contribution in [0.3, 0.4) is 0 Å². The third-order valence-electron chi connectivity index (χ3n) is 4.03. The largest absolute Gasteiger partial charge is 0.497 e. The zero-order valence-electron chi connectivity index (χ0n) is 14.0. The van der Waals surface area contributed by atoms with E-state index in [0.29, 0.717) is 12.3 Å². The number of hydrogen-bond acceptors (Lipinski definition) is 4. The van der Waals surface area contributed by atoms with Crippen LogP contribution in [0.25, 0.3) is 0 Å². The minimum Gasteiger partial charge on any atom is -0.497 e. The molecule has 4 nitrogen and oxygen atoms in total. The van der Waals surface area contributed by atoms with Gasteiger partial charge in [0, 0.05) is 23.6 Å². The molecule has 1 aliphatic carbocycles. The van der Waals surface area contributed by atoms with Crippen LogP contribution in [0.1, 0.15) is 39.0 Å². The van der Waals surface area contributed by atoms with Crippen LogP contribution < -0.4 is 14.8 Å². The van der Waals surface area contributed by atoms with E-state index in [1.54, 1.807) is 20.1 Å². The molecule has 5 heteroatoms. The topological polar surface area (TPSA) is 47.6 Å². The molecule has 128 valence electrons. The minimum atomic E-state index is -0.512. The molecule has 1 atom stereocenters. The quantitative estimate of drug-likeness (QED) is 0.736. The van der Waals surface area contributed by atoms with Gasteiger partial charge in [-0.1, -0.05) is 25.3 Å². The number of rotatable bonds is 8. The summed E-state index contributed by atoms with van der Waals surface area (Å²) in [4.78, 5) is 12.1. The molecule has 1 aromatic carbocycles. The Kier molecular flexibility index (Phi) is 7.59. The highest BCUT2D eigenvalue weighted by molar-refractivity contribution is 7.99. The number of carbonyl (C=O) groups is 1. The Balaban J connectivity index is 1.65. The number of amides is 1. The standard InChI is InChI=1S/C18H27NO3S/c1-14(22-16-8-6-7-15(13-16)21-2)18(20)19-11-12-23-17-9-4-3-5-10-17/h6-8,13-14,17H,3-5,9-12H2,1-2H3,(H,19,20)/t14-/m0/s1. The van der Waals surface area contributed by atoms with Crippen LogP contribution in [-0.4, -0.2) is 36.7 Å². The zero-order valence-corrected chi connectivity index (χ0v) is 14.9. The lowest BCUT2D eigenvalue weighted by molar-refractivity contribution is -0.127. The molecule has 0 unspecified atom stereocenters. The lowest BCUT2D eigenvalue weighted by atomic mass is 10.0. The summed E-state index contributed by atoms with van der Waals surface area (Å²) in [6.45, 7) is 2.47. The van der Waals surface area contributed by atoms with E-state index in [2.05, 4.69) is 5.32 Å². The van der Waals surface area contributed by atoms with Gasteiger partial charge in [0.15, 0.2) is 6.10 Å². The number of thioether (sulfide) groups is 1. The third-order valence-corrected chi connectivity index (χ3v) is 5.41. The van der Waals surface area contributed by atoms with E-state index < -0.39 is 6.10 Å². The summed E-state index contributed by atoms with van der Waals surface area (Å²) < 4.78 is 10.8. The van der Waals surface area contributed by atoms with Crippen LogP contribution in [0.5, 0.6) is 11.5 Å². The maximum atomic E-state index is 12.1. The van der Waals surface area contributed by atoms with Gasteiger partial charge >= 0.3 is 0 Å². The molecule has 1 N–H and O–H groups in total. The molecule has 1 saturated carbocycles. The second-order valence-electron chi connectivity index (χ2n) is 5.86. The lowest BCUT2D eigenvalue weighted by Gasteiger charge is -2.21. The van der Waals surface area contributed by atoms with Crippen molar-refractivity contribution in [3.05, 3.63) is 24.3 Å². The summed E-state index contributed by atoms with van der Waals surface area (Å²) >= 11 is 1.99. The molecule has 1 fully saturated rings. The van der Waals surface area contributed by atoms with Crippen molar-refractivity contribution in [3.8, 4) is 11.5 Å². The van der Waals surface area contributed by atoms with Gasteiger partial charge in [0.2, 0.25) is 0 Å². The van der Waals surface area contributed by atoms with E-state index in [0.717, 1.165) is 16.8 Å². The van der Waals surface area contributed by atoms with Crippen LogP contribution in [0.4, 0.5) is 0 Å². The molecular weight excluding hydrogens is 310 g/mol. The molecule has 0 aliphatic heterocycles. The summed E-state index contributed by atoms with van der Waals surface area (Å²) in [6.07, 6.45) is 6.24. The van der Waals surface area contributed by atoms with Gasteiger partial charge in [-0.05, 0) is 31.9 Å². The summed E-state index contributed by atoms with van der Waals surface area (Å²) in [6, 6.07) is 7.30. The Morgan fingerprint density at radius 1 is 1.30 bits per heavy atom. The maximum absolute atomic E-state index is 12.1. The van der Waals surface area contributed by atoms with Gasteiger partial charge < -0.3 is 14.8 Å². The highest BCUT2D eigenvalue weighted by Crippen LogP contribution is 2.27. The summed E-state index contributed by atoms with van der Waals surface area (Å²) in [5, 5.41) is 3.74. The minimum absolute atomic E-state index is 0.0722. The second-order valence-corrected chi connectivity index (χ2v) is 7.27. The molecule has 23 heavy (non-hydrogen) atoms. The molecule has 0 heterocycles. The molecule has 1 amide bonds. The van der Waals surface area contributed by atoms with Gasteiger partial charge in [-0.25, -0.2) is 0 Å². The van der Waals surface area contributed by atoms with E-state index >= 15 is 0 Å². The number of nitrogens with one attached hydrogen (secondary N) is 1. The van der Waals surface area contributed by atoms with Crippen LogP contribution in [-0.2, 0) is 4.79 Å². The van der Waals surface area contributed by atoms with Crippen molar-refractivity contribution in [1.29, 1.82) is 0 Å². The predicted molar refractivity (Wildman–Crippen MR) is 95.4 cm³/mol. The Bertz CT molecular complexity index is 489. The molecule has 0 saturated heterocycles. The molecule has 0 spiro atoms. The smallest absolute Gasteiger partial charge is 0.260 e. The van der Waals surface area contributed by atoms with Gasteiger partial charge in [-0.3, -0.25) is 4.79 Å². The average Bonchev–Trinajstić information content (AvgIpc) is 2.59. The Morgan fingerprint density at radius 2 is 2.04 bits per heavy atom. The van der Waals surface area contributed by atoms with Gasteiger partial charge in [0.1, 0.15) is 11.5 Å². The first kappa shape index (κ1) is 18.0. The van der Waals surface area contributed by atoms with Crippen molar-refractivity contribution in [2.24, 2.45) is 0 Å². The normalized spacial score (nSPS) is 16.6. The van der Waals surface area contributed by atoms with E-state index in [1.807, 2.05) is 30.0 Å². The molecule has 1 aliphatic rings. The molecular formula is C18H27NO3S. The van der Waals surface area contributed by atoms with Crippen LogP contribution in [0.2, 0.25) is 0 Å². The van der Waals surface area contributed by atoms with Gasteiger partial charge in [-0.2, -0.15) is 11.8 Å². The maximum Gasteiger partial charge on any atom is 0.260 e. The molecule has 2 rings (SSSR count). The average molecular weight is 337 g/mol. The van der Waals surface area contributed by atoms with Crippen molar-refractivity contribution in [1.82, 2.24) is 5.32 Å². The molecule has 0 bridgehead atoms. The monoisotopic (exact) mass is 337 g/mol. The summed E-state index contributed by atoms with van der Waals surface area (Å²) in [7, 11) is 1.61. The van der Waals surface area contributed by atoms with Crippen molar-refractivity contribution in [2.75, 3.05) is 19.4 Å². The number of methoxy groups -OCH3 is 1. The van der Waals surface area contributed by atoms with Gasteiger partial charge in [-0.15, -0.1) is 0 Å². The first-order chi connectivity index (χ1) is 11.2. The van der Waals surface area contributed by atoms with Gasteiger partial charge in [0.05, 0.1) is 7.11 Å². The van der Waals surface area contributed by atoms with E-state index in [4.69, 9.17) is 9.47 Å². The zero-order chi connectivity index (χ0) is 16.5. The number of benzene rings is 1. The van der Waals surface area contributed by atoms with Gasteiger partial charge in [0.25, 0.3) is 5.91 Å². The molecule has 1 aromatic rings. The van der Waals surface area contributed by atoms with Crippen molar-refractivity contribution >= 4 is 17.7 Å². The first-order valence-corrected chi connectivity index (χ1v) is 9.44. The second kappa shape index (κ2) is 9.71. The Hall–Kier alpha value is -1.36. The molecule has 0 aromatic heterocycles. The molecule has 0 radical (unpaired) electrons. The highest BCUT2D eigenvalue weighted by Gasteiger charge is 2.16. The number of hydrogen-bond donors (Lipinski definition) is 1. The van der Waals surface area contributed by atoms with Crippen molar-refractivity contribution in [2.45, 2.75) is 50.4 Å². The first-order valence-electron chi connectivity index (χ1n) is 8.39. The predicted octanol–water partition coefficient (Wildman–Crippen LogP) is 3.64. The fourth-order valence-corrected chi connectivity index (χ4v) is 3.93.